The highest BCUT2D eigenvalue weighted by atomic mass is 32.1. The molecule has 0 radical (unpaired) electrons. The van der Waals surface area contributed by atoms with Gasteiger partial charge in [0.05, 0.1) is 38.5 Å². The van der Waals surface area contributed by atoms with Crippen molar-refractivity contribution in [2.75, 3.05) is 0 Å². The lowest BCUT2D eigenvalue weighted by atomic mass is 10.1. The van der Waals surface area contributed by atoms with Gasteiger partial charge in [0.25, 0.3) is 0 Å². The van der Waals surface area contributed by atoms with Crippen molar-refractivity contribution in [3.63, 3.8) is 0 Å². The van der Waals surface area contributed by atoms with Crippen LogP contribution in [0.4, 0.5) is 13.2 Å². The van der Waals surface area contributed by atoms with E-state index in [-0.39, 0.29) is 17.7 Å². The number of para-hydroxylation sites is 1. The molecule has 5 aromatic rings. The molecule has 5 rings (SSSR count). The number of halogens is 3. The minimum atomic E-state index is -4.48. The van der Waals surface area contributed by atoms with E-state index < -0.39 is 17.7 Å². The summed E-state index contributed by atoms with van der Waals surface area (Å²) in [5.74, 6) is -0.664. The van der Waals surface area contributed by atoms with Gasteiger partial charge in [-0.05, 0) is 54.3 Å². The van der Waals surface area contributed by atoms with Gasteiger partial charge < -0.3 is 4.74 Å². The Morgan fingerprint density at radius 1 is 1.03 bits per heavy atom. The zero-order valence-corrected chi connectivity index (χ0v) is 19.2. The highest BCUT2D eigenvalue weighted by molar-refractivity contribution is 7.13. The van der Waals surface area contributed by atoms with Gasteiger partial charge in [-0.3, -0.25) is 0 Å². The number of benzene rings is 2. The first-order chi connectivity index (χ1) is 16.8. The summed E-state index contributed by atoms with van der Waals surface area (Å²) in [5, 5.41) is 7.05. The van der Waals surface area contributed by atoms with Crippen molar-refractivity contribution in [3.8, 4) is 16.3 Å². The number of nitrogens with zero attached hydrogens (tertiary/aromatic N) is 3. The summed E-state index contributed by atoms with van der Waals surface area (Å²) in [5.41, 5.74) is 2.14. The van der Waals surface area contributed by atoms with E-state index in [9.17, 15) is 18.0 Å². The first-order valence-electron chi connectivity index (χ1n) is 10.6. The van der Waals surface area contributed by atoms with Crippen LogP contribution in [0.15, 0.2) is 78.2 Å². The average molecular weight is 494 g/mol. The van der Waals surface area contributed by atoms with Gasteiger partial charge in [0.1, 0.15) is 6.61 Å². The first-order valence-corrected chi connectivity index (χ1v) is 11.5. The Morgan fingerprint density at radius 3 is 2.54 bits per heavy atom. The van der Waals surface area contributed by atoms with E-state index in [1.54, 1.807) is 17.7 Å². The van der Waals surface area contributed by atoms with Gasteiger partial charge in [0, 0.05) is 0 Å². The van der Waals surface area contributed by atoms with Crippen LogP contribution in [0.3, 0.4) is 0 Å². The summed E-state index contributed by atoms with van der Waals surface area (Å²) in [7, 11) is 0. The molecule has 0 amide bonds. The molecule has 0 aliphatic heterocycles. The second-order valence-corrected chi connectivity index (χ2v) is 8.79. The van der Waals surface area contributed by atoms with Crippen LogP contribution >= 0.6 is 11.3 Å². The van der Waals surface area contributed by atoms with E-state index in [0.29, 0.717) is 22.4 Å². The molecule has 0 saturated carbocycles. The number of aromatic nitrogens is 3. The van der Waals surface area contributed by atoms with Gasteiger partial charge in [0.2, 0.25) is 0 Å². The molecule has 9 heteroatoms. The highest BCUT2D eigenvalue weighted by Gasteiger charge is 2.30. The fraction of sp³-hybridized carbons (Fsp3) is 0.115. The number of rotatable bonds is 5. The lowest BCUT2D eigenvalue weighted by molar-refractivity contribution is -0.137. The molecular formula is C26H18F3N3O2S. The van der Waals surface area contributed by atoms with Gasteiger partial charge in [-0.1, -0.05) is 36.4 Å². The standard InChI is InChI=1S/C26H18F3N3O2S/c1-16-23-20(25(33)34-15-17-7-5-8-18(13-17)26(27,28)29)14-21(22-11-6-12-35-22)30-24(23)32(31-16)19-9-3-2-4-10-19/h2-14H,15H2,1H3. The monoisotopic (exact) mass is 493 g/mol. The van der Waals surface area contributed by atoms with E-state index in [1.165, 1.54) is 23.5 Å². The number of pyridine rings is 1. The van der Waals surface area contributed by atoms with Gasteiger partial charge >= 0.3 is 12.1 Å². The zero-order chi connectivity index (χ0) is 24.6. The van der Waals surface area contributed by atoms with Crippen LogP contribution < -0.4 is 0 Å². The van der Waals surface area contributed by atoms with E-state index >= 15 is 0 Å². The summed E-state index contributed by atoms with van der Waals surface area (Å²) in [6.45, 7) is 1.48. The maximum Gasteiger partial charge on any atom is 0.416 e. The van der Waals surface area contributed by atoms with Crippen molar-refractivity contribution < 1.29 is 22.7 Å². The second kappa shape index (κ2) is 8.99. The van der Waals surface area contributed by atoms with Crippen molar-refractivity contribution in [1.82, 2.24) is 14.8 Å². The number of hydrogen-bond acceptors (Lipinski definition) is 5. The molecule has 0 atom stereocenters. The summed E-state index contributed by atoms with van der Waals surface area (Å²) in [6.07, 6.45) is -4.48. The summed E-state index contributed by atoms with van der Waals surface area (Å²) in [4.78, 5) is 18.9. The number of ether oxygens (including phenoxy) is 1. The molecule has 3 aromatic heterocycles. The number of esters is 1. The predicted octanol–water partition coefficient (Wildman–Crippen LogP) is 6.83. The van der Waals surface area contributed by atoms with Crippen molar-refractivity contribution in [2.45, 2.75) is 19.7 Å². The molecule has 35 heavy (non-hydrogen) atoms. The predicted molar refractivity (Wildman–Crippen MR) is 127 cm³/mol. The third-order valence-electron chi connectivity index (χ3n) is 5.43. The molecule has 0 aliphatic carbocycles. The van der Waals surface area contributed by atoms with Crippen molar-refractivity contribution in [3.05, 3.63) is 101 Å². The number of carbonyl (C=O) groups excluding carboxylic acids is 1. The Bertz CT molecular complexity index is 1510. The Morgan fingerprint density at radius 2 is 1.83 bits per heavy atom. The topological polar surface area (TPSA) is 57.0 Å². The van der Waals surface area contributed by atoms with Crippen molar-refractivity contribution in [1.29, 1.82) is 0 Å². The van der Waals surface area contributed by atoms with E-state index in [4.69, 9.17) is 9.72 Å². The maximum absolute atomic E-state index is 13.2. The second-order valence-electron chi connectivity index (χ2n) is 7.84. The number of alkyl halides is 3. The van der Waals surface area contributed by atoms with E-state index in [1.807, 2.05) is 47.8 Å². The summed E-state index contributed by atoms with van der Waals surface area (Å²) < 4.78 is 46.3. The van der Waals surface area contributed by atoms with Crippen LogP contribution in [0, 0.1) is 6.92 Å². The largest absolute Gasteiger partial charge is 0.457 e. The smallest absolute Gasteiger partial charge is 0.416 e. The molecule has 0 N–H and O–H groups in total. The Balaban J connectivity index is 1.56. The zero-order valence-electron chi connectivity index (χ0n) is 18.4. The minimum Gasteiger partial charge on any atom is -0.457 e. The molecule has 0 unspecified atom stereocenters. The molecule has 0 spiro atoms. The number of thiophene rings is 1. The Hall–Kier alpha value is -3.98. The summed E-state index contributed by atoms with van der Waals surface area (Å²) in [6, 6.07) is 19.6. The molecule has 0 saturated heterocycles. The molecule has 0 bridgehead atoms. The Labute approximate surface area is 202 Å². The molecule has 2 aromatic carbocycles. The quantitative estimate of drug-likeness (QED) is 0.252. The number of hydrogen-bond donors (Lipinski definition) is 0. The van der Waals surface area contributed by atoms with Gasteiger partial charge in [0.15, 0.2) is 5.65 Å². The fourth-order valence-electron chi connectivity index (χ4n) is 3.81. The number of fused-ring (bicyclic) bond motifs is 1. The van der Waals surface area contributed by atoms with Crippen LogP contribution in [0.25, 0.3) is 27.3 Å². The normalized spacial score (nSPS) is 11.7. The fourth-order valence-corrected chi connectivity index (χ4v) is 4.50. The lowest BCUT2D eigenvalue weighted by Crippen LogP contribution is -2.09. The van der Waals surface area contributed by atoms with E-state index in [0.717, 1.165) is 22.7 Å². The van der Waals surface area contributed by atoms with Gasteiger partial charge in [-0.2, -0.15) is 18.3 Å². The molecule has 3 heterocycles. The molecule has 0 fully saturated rings. The molecule has 5 nitrogen and oxygen atoms in total. The lowest BCUT2D eigenvalue weighted by Gasteiger charge is -2.11. The molecular weight excluding hydrogens is 475 g/mol. The number of carbonyl (C=O) groups is 1. The van der Waals surface area contributed by atoms with Crippen LogP contribution in [0.2, 0.25) is 0 Å². The van der Waals surface area contributed by atoms with Crippen LogP contribution in [-0.4, -0.2) is 20.7 Å². The van der Waals surface area contributed by atoms with Crippen molar-refractivity contribution in [2.24, 2.45) is 0 Å². The van der Waals surface area contributed by atoms with Crippen LogP contribution in [-0.2, 0) is 17.5 Å². The average Bonchev–Trinajstić information content (AvgIpc) is 3.51. The minimum absolute atomic E-state index is 0.244. The van der Waals surface area contributed by atoms with E-state index in [2.05, 4.69) is 5.10 Å². The first kappa shape index (κ1) is 22.8. The highest BCUT2D eigenvalue weighted by Crippen LogP contribution is 2.32. The maximum atomic E-state index is 13.2. The molecule has 176 valence electrons. The number of aryl methyl sites for hydroxylation is 1. The van der Waals surface area contributed by atoms with Crippen molar-refractivity contribution >= 4 is 28.3 Å². The third kappa shape index (κ3) is 4.54. The third-order valence-corrected chi connectivity index (χ3v) is 6.32. The SMILES string of the molecule is Cc1nn(-c2ccccc2)c2nc(-c3cccs3)cc(C(=O)OCc3cccc(C(F)(F)F)c3)c12. The molecule has 0 aliphatic rings. The van der Waals surface area contributed by atoms with Crippen LogP contribution in [0.1, 0.15) is 27.2 Å². The van der Waals surface area contributed by atoms with Gasteiger partial charge in [-0.25, -0.2) is 14.5 Å². The Kier molecular flexibility index (Phi) is 5.86. The summed E-state index contributed by atoms with van der Waals surface area (Å²) >= 11 is 1.48. The van der Waals surface area contributed by atoms with Gasteiger partial charge in [-0.15, -0.1) is 11.3 Å². The van der Waals surface area contributed by atoms with Crippen LogP contribution in [0.5, 0.6) is 0 Å².